The molecule has 0 saturated carbocycles. The van der Waals surface area contributed by atoms with Crippen molar-refractivity contribution in [2.45, 2.75) is 96.1 Å². The first kappa shape index (κ1) is 44.6. The van der Waals surface area contributed by atoms with Gasteiger partial charge in [-0.3, -0.25) is 19.4 Å². The minimum absolute atomic E-state index is 0.0602. The van der Waals surface area contributed by atoms with Crippen LogP contribution in [0.3, 0.4) is 0 Å². The van der Waals surface area contributed by atoms with Gasteiger partial charge in [-0.05, 0) is 74.0 Å². The molecule has 7 atom stereocenters. The third-order valence-corrected chi connectivity index (χ3v) is 14.8. The fraction of sp³-hybridized carbons (Fsp3) is 0.500. The van der Waals surface area contributed by atoms with Gasteiger partial charge in [-0.1, -0.05) is 50.2 Å². The van der Waals surface area contributed by atoms with Crippen LogP contribution in [0.15, 0.2) is 70.7 Å². The fourth-order valence-corrected chi connectivity index (χ4v) is 11.0. The molecule has 2 aromatic carbocycles. The third kappa shape index (κ3) is 9.42. The monoisotopic (exact) mass is 904 g/mol. The average molecular weight is 905 g/mol. The Hall–Kier alpha value is -5.62. The lowest BCUT2D eigenvalue weighted by Crippen LogP contribution is -2.61. The topological polar surface area (TPSA) is 186 Å². The van der Waals surface area contributed by atoms with Crippen LogP contribution >= 0.6 is 11.3 Å². The quantitative estimate of drug-likeness (QED) is 0.113. The number of piperazine rings is 1. The maximum Gasteiger partial charge on any atom is 0.254 e. The number of ether oxygens (including phenoxy) is 1. The number of benzene rings is 2. The number of aliphatic hydroxyl groups is 1. The Labute approximate surface area is 384 Å². The van der Waals surface area contributed by atoms with Crippen molar-refractivity contribution in [2.24, 2.45) is 5.92 Å². The van der Waals surface area contributed by atoms with Gasteiger partial charge in [-0.25, -0.2) is 4.98 Å². The van der Waals surface area contributed by atoms with E-state index < -0.39 is 18.1 Å². The first-order chi connectivity index (χ1) is 31.4. The van der Waals surface area contributed by atoms with Crippen LogP contribution in [0.4, 0.5) is 11.5 Å². The number of nitrogens with zero attached hydrogens (tertiary/aromatic N) is 8. The number of para-hydroxylation sites is 1. The molecule has 16 nitrogen and oxygen atoms in total. The highest BCUT2D eigenvalue weighted by Gasteiger charge is 2.44. The van der Waals surface area contributed by atoms with Crippen molar-refractivity contribution in [2.75, 3.05) is 62.6 Å². The highest BCUT2D eigenvalue weighted by Crippen LogP contribution is 2.38. The summed E-state index contributed by atoms with van der Waals surface area (Å²) >= 11 is 1.59. The second-order valence-electron chi connectivity index (χ2n) is 18.4. The number of amides is 2. The molecule has 0 radical (unpaired) electrons. The van der Waals surface area contributed by atoms with E-state index in [1.807, 2.05) is 75.7 Å². The number of piperidine rings is 1. The van der Waals surface area contributed by atoms with Crippen LogP contribution < -0.4 is 20.3 Å². The molecule has 5 aromatic rings. The lowest BCUT2D eigenvalue weighted by molar-refractivity contribution is -0.141. The maximum atomic E-state index is 14.3. The molecule has 0 spiro atoms. The van der Waals surface area contributed by atoms with E-state index in [-0.39, 0.29) is 42.5 Å². The van der Waals surface area contributed by atoms with E-state index in [1.165, 1.54) is 4.90 Å². The van der Waals surface area contributed by atoms with E-state index in [0.717, 1.165) is 85.3 Å². The van der Waals surface area contributed by atoms with Gasteiger partial charge in [0.1, 0.15) is 24.3 Å². The largest absolute Gasteiger partial charge is 0.507 e. The summed E-state index contributed by atoms with van der Waals surface area (Å²) < 4.78 is 11.9. The lowest BCUT2D eigenvalue weighted by Gasteiger charge is -2.50. The van der Waals surface area contributed by atoms with Crippen LogP contribution in [0.25, 0.3) is 21.7 Å². The molecule has 7 heterocycles. The van der Waals surface area contributed by atoms with E-state index in [2.05, 4.69) is 52.6 Å². The summed E-state index contributed by atoms with van der Waals surface area (Å²) in [5.74, 6) is 0.206. The molecule has 2 amide bonds. The molecule has 17 heteroatoms. The summed E-state index contributed by atoms with van der Waals surface area (Å²) in [6.07, 6.45) is 1.47. The predicted octanol–water partition coefficient (Wildman–Crippen LogP) is 5.70. The fourth-order valence-electron chi connectivity index (χ4n) is 10.2. The Bertz CT molecular complexity index is 2460. The minimum atomic E-state index is -0.822. The van der Waals surface area contributed by atoms with Crippen molar-refractivity contribution in [3.63, 3.8) is 0 Å². The summed E-state index contributed by atoms with van der Waals surface area (Å²) in [5.41, 5.74) is 7.21. The Balaban J connectivity index is 0.754. The van der Waals surface area contributed by atoms with E-state index in [0.29, 0.717) is 47.6 Å². The van der Waals surface area contributed by atoms with Gasteiger partial charge in [-0.15, -0.1) is 21.5 Å². The number of carbonyl (C=O) groups excluding carboxylic acids is 2. The molecular formula is C48H60N10O6S. The first-order valence-corrected chi connectivity index (χ1v) is 23.8. The highest BCUT2D eigenvalue weighted by atomic mass is 32.1. The molecule has 4 aliphatic heterocycles. The van der Waals surface area contributed by atoms with E-state index >= 15 is 0 Å². The van der Waals surface area contributed by atoms with Gasteiger partial charge in [-0.2, -0.15) is 0 Å². The number of anilines is 2. The van der Waals surface area contributed by atoms with Gasteiger partial charge in [0.2, 0.25) is 11.8 Å². The van der Waals surface area contributed by atoms with Crippen LogP contribution in [0, 0.1) is 12.8 Å². The summed E-state index contributed by atoms with van der Waals surface area (Å²) in [7, 11) is 0. The Kier molecular flexibility index (Phi) is 13.1. The number of aliphatic hydroxyl groups excluding tert-OH is 1. The molecule has 3 aromatic heterocycles. The lowest BCUT2D eigenvalue weighted by atomic mass is 9.91. The van der Waals surface area contributed by atoms with Crippen LogP contribution in [0.1, 0.15) is 75.9 Å². The van der Waals surface area contributed by atoms with Crippen LogP contribution in [-0.2, 0) is 9.59 Å². The number of likely N-dealkylation sites (tertiary alicyclic amines) is 2. The number of hydrogen-bond donors (Lipinski definition) is 4. The summed E-state index contributed by atoms with van der Waals surface area (Å²) in [6, 6.07) is 19.1. The zero-order valence-electron chi connectivity index (χ0n) is 37.8. The number of aromatic nitrogens is 4. The molecule has 0 aliphatic carbocycles. The summed E-state index contributed by atoms with van der Waals surface area (Å²) in [4.78, 5) is 42.5. The molecule has 4 N–H and O–H groups in total. The number of phenolic OH excluding ortho intramolecular Hbond substituents is 1. The number of nitrogens with one attached hydrogen (secondary N) is 2. The molecule has 4 aliphatic rings. The summed E-state index contributed by atoms with van der Waals surface area (Å²) in [5, 5.41) is 40.8. The third-order valence-electron chi connectivity index (χ3n) is 13.8. The highest BCUT2D eigenvalue weighted by molar-refractivity contribution is 7.13. The number of β-amino-alcohol motifs (C(OH)–C–C–N with tert-alkyl or cyclic N) is 1. The molecule has 344 valence electrons. The molecular weight excluding hydrogens is 845 g/mol. The van der Waals surface area contributed by atoms with Gasteiger partial charge in [0.25, 0.3) is 5.88 Å². The molecule has 3 saturated heterocycles. The Morgan fingerprint density at radius 3 is 2.58 bits per heavy atom. The number of thiazole rings is 1. The van der Waals surface area contributed by atoms with Crippen molar-refractivity contribution in [3.8, 4) is 33.3 Å². The van der Waals surface area contributed by atoms with E-state index in [4.69, 9.17) is 9.26 Å². The standard InChI is InChI=1S/C48H60N10O6S/c1-28(2)44(48(62)58-26-36(59)21-40(58)47(61)51-30(4)32-10-12-33(13-11-32)45-31(5)50-27-65-45)42-23-43(54-64-42)63-19-18-55-15-14-34(20-29(55)3)56-16-17-57-35(25-56)24-49-46-39(57)22-38(52-53-46)37-8-6-7-9-41(37)60/h6-13,22-23,27-30,34-36,40,44,59-60H,14-21,24-26H2,1-5H3,(H,49,53)(H,51,61)/t29?,30-,34?,35-,36+,40-,44+/m0/s1. The smallest absolute Gasteiger partial charge is 0.254 e. The van der Waals surface area contributed by atoms with Crippen molar-refractivity contribution in [1.82, 2.24) is 40.4 Å². The Morgan fingerprint density at radius 2 is 1.83 bits per heavy atom. The van der Waals surface area contributed by atoms with Crippen molar-refractivity contribution in [3.05, 3.63) is 83.2 Å². The molecule has 2 unspecified atom stereocenters. The number of aromatic hydroxyl groups is 1. The molecule has 3 fully saturated rings. The molecule has 0 bridgehead atoms. The number of fused-ring (bicyclic) bond motifs is 3. The van der Waals surface area contributed by atoms with Crippen molar-refractivity contribution >= 4 is 34.7 Å². The number of hydrogen-bond acceptors (Lipinski definition) is 15. The van der Waals surface area contributed by atoms with E-state index in [9.17, 15) is 19.8 Å². The SMILES string of the molecule is Cc1ncsc1-c1ccc([C@H](C)NC(=O)[C@@H]2C[C@@H](O)CN2C(=O)[C@@H](c2cc(OCCN3CCC(N4CCN5c6cc(-c7ccccc7O)nnc6NC[C@H]5C4)CC3C)no2)C(C)C)cc1. The van der Waals surface area contributed by atoms with E-state index in [1.54, 1.807) is 29.5 Å². The number of rotatable bonds is 13. The van der Waals surface area contributed by atoms with Crippen molar-refractivity contribution in [1.29, 1.82) is 0 Å². The predicted molar refractivity (Wildman–Crippen MR) is 249 cm³/mol. The maximum absolute atomic E-state index is 14.3. The van der Waals surface area contributed by atoms with Crippen molar-refractivity contribution < 1.29 is 29.1 Å². The molecule has 65 heavy (non-hydrogen) atoms. The van der Waals surface area contributed by atoms with Gasteiger partial charge >= 0.3 is 0 Å². The average Bonchev–Trinajstić information content (AvgIpc) is 4.06. The van der Waals surface area contributed by atoms with Crippen LogP contribution in [-0.4, -0.2) is 140 Å². The number of carbonyl (C=O) groups is 2. The minimum Gasteiger partial charge on any atom is -0.507 e. The zero-order valence-corrected chi connectivity index (χ0v) is 38.6. The van der Waals surface area contributed by atoms with Crippen LogP contribution in [0.5, 0.6) is 11.6 Å². The normalized spacial score (nSPS) is 23.4. The first-order valence-electron chi connectivity index (χ1n) is 22.9. The molecule has 9 rings (SSSR count). The van der Waals surface area contributed by atoms with Gasteiger partial charge < -0.3 is 39.9 Å². The number of aryl methyl sites for hydroxylation is 1. The zero-order chi connectivity index (χ0) is 45.4. The van der Waals surface area contributed by atoms with Gasteiger partial charge in [0.15, 0.2) is 11.6 Å². The second kappa shape index (κ2) is 19.1. The van der Waals surface area contributed by atoms with Crippen LogP contribution in [0.2, 0.25) is 0 Å². The Morgan fingerprint density at radius 1 is 1.02 bits per heavy atom. The number of phenols is 1. The second-order valence-corrected chi connectivity index (χ2v) is 19.3. The van der Waals surface area contributed by atoms with Gasteiger partial charge in [0, 0.05) is 75.9 Å². The summed E-state index contributed by atoms with van der Waals surface area (Å²) in [6.45, 7) is 15.9. The van der Waals surface area contributed by atoms with Gasteiger partial charge in [0.05, 0.1) is 45.7 Å².